The number of carbonyl (C=O) groups excluding carboxylic acids is 1. The molecule has 0 fully saturated rings. The Morgan fingerprint density at radius 2 is 1.65 bits per heavy atom. The van der Waals surface area contributed by atoms with E-state index in [0.29, 0.717) is 0 Å². The van der Waals surface area contributed by atoms with Gasteiger partial charge in [-0.05, 0) is 23.6 Å². The Morgan fingerprint density at radius 1 is 1.00 bits per heavy atom. The molecule has 23 heavy (non-hydrogen) atoms. The second-order valence-corrected chi connectivity index (χ2v) is 5.13. The van der Waals surface area contributed by atoms with Crippen molar-refractivity contribution in [2.45, 2.75) is 0 Å². The molecular formula is C19H17IN2O. The maximum atomic E-state index is 12.0. The van der Waals surface area contributed by atoms with Gasteiger partial charge in [-0.3, -0.25) is 4.79 Å². The zero-order valence-corrected chi connectivity index (χ0v) is 14.9. The second-order valence-electron chi connectivity index (χ2n) is 5.13. The zero-order chi connectivity index (χ0) is 15.4. The Labute approximate surface area is 152 Å². The number of para-hydroxylation sites is 1. The van der Waals surface area contributed by atoms with E-state index in [1.165, 1.54) is 5.39 Å². The van der Waals surface area contributed by atoms with Crippen molar-refractivity contribution in [1.82, 2.24) is 0 Å². The summed E-state index contributed by atoms with van der Waals surface area (Å²) < 4.78 is 2.01. The first kappa shape index (κ1) is 17.1. The molecule has 3 nitrogen and oxygen atoms in total. The lowest BCUT2D eigenvalue weighted by molar-refractivity contribution is -0.671. The number of anilines is 1. The molecule has 0 saturated carbocycles. The summed E-state index contributed by atoms with van der Waals surface area (Å²) in [6.45, 7) is 0. The molecule has 0 aliphatic heterocycles. The molecule has 1 amide bonds. The highest BCUT2D eigenvalue weighted by Gasteiger charge is 2.06. The summed E-state index contributed by atoms with van der Waals surface area (Å²) in [5.41, 5.74) is 1.77. The molecule has 4 heteroatoms. The first-order valence-electron chi connectivity index (χ1n) is 7.15. The van der Waals surface area contributed by atoms with Crippen LogP contribution in [0.5, 0.6) is 0 Å². The van der Waals surface area contributed by atoms with Gasteiger partial charge < -0.3 is 29.3 Å². The van der Waals surface area contributed by atoms with Crippen molar-refractivity contribution in [3.63, 3.8) is 0 Å². The predicted molar refractivity (Wildman–Crippen MR) is 89.2 cm³/mol. The number of pyridine rings is 1. The maximum absolute atomic E-state index is 12.0. The SMILES string of the molecule is C[n+]1cc2ccccc2cc1C=CC(=O)Nc1ccccc1.[I-]. The number of fused-ring (bicyclic) bond motifs is 1. The quantitative estimate of drug-likeness (QED) is 0.373. The Kier molecular flexibility index (Phi) is 5.87. The van der Waals surface area contributed by atoms with Crippen LogP contribution in [0.2, 0.25) is 0 Å². The normalized spacial score (nSPS) is 10.5. The van der Waals surface area contributed by atoms with Crippen molar-refractivity contribution >= 4 is 28.4 Å². The van der Waals surface area contributed by atoms with Crippen LogP contribution in [0.15, 0.2) is 72.9 Å². The number of nitrogens with one attached hydrogen (secondary N) is 1. The summed E-state index contributed by atoms with van der Waals surface area (Å²) in [5.74, 6) is -0.139. The van der Waals surface area contributed by atoms with Crippen LogP contribution in [-0.4, -0.2) is 5.91 Å². The summed E-state index contributed by atoms with van der Waals surface area (Å²) >= 11 is 0. The zero-order valence-electron chi connectivity index (χ0n) is 12.7. The highest BCUT2D eigenvalue weighted by atomic mass is 127. The van der Waals surface area contributed by atoms with E-state index in [1.807, 2.05) is 60.2 Å². The Balaban J connectivity index is 0.00000192. The van der Waals surface area contributed by atoms with Crippen molar-refractivity contribution in [2.75, 3.05) is 5.32 Å². The fourth-order valence-corrected chi connectivity index (χ4v) is 2.34. The highest BCUT2D eigenvalue weighted by Crippen LogP contribution is 2.13. The van der Waals surface area contributed by atoms with E-state index in [2.05, 4.69) is 29.7 Å². The molecule has 1 N–H and O–H groups in total. The fourth-order valence-electron chi connectivity index (χ4n) is 2.34. The van der Waals surface area contributed by atoms with Gasteiger partial charge in [-0.2, -0.15) is 0 Å². The molecule has 3 aromatic rings. The molecule has 0 aliphatic carbocycles. The lowest BCUT2D eigenvalue weighted by Gasteiger charge is -2.01. The third-order valence-electron chi connectivity index (χ3n) is 3.49. The van der Waals surface area contributed by atoms with Gasteiger partial charge in [-0.15, -0.1) is 0 Å². The third kappa shape index (κ3) is 4.39. The van der Waals surface area contributed by atoms with Crippen LogP contribution in [0.4, 0.5) is 5.69 Å². The smallest absolute Gasteiger partial charge is 0.248 e. The van der Waals surface area contributed by atoms with Crippen LogP contribution in [-0.2, 0) is 11.8 Å². The van der Waals surface area contributed by atoms with Crippen molar-refractivity contribution in [3.05, 3.63) is 78.6 Å². The second kappa shape index (κ2) is 7.87. The standard InChI is InChI=1S/C19H16N2O.HI/c1-21-14-16-8-6-5-7-15(16)13-18(21)11-12-19(22)20-17-9-3-2-4-10-17;/h2-14H,1H3;1H. The number of carbonyl (C=O) groups is 1. The molecule has 0 unspecified atom stereocenters. The number of aryl methyl sites for hydroxylation is 1. The number of aromatic nitrogens is 1. The first-order chi connectivity index (χ1) is 10.7. The number of halogens is 1. The first-order valence-corrected chi connectivity index (χ1v) is 7.15. The average molecular weight is 416 g/mol. The minimum absolute atomic E-state index is 0. The van der Waals surface area contributed by atoms with Crippen molar-refractivity contribution < 1.29 is 33.3 Å². The van der Waals surface area contributed by atoms with E-state index in [-0.39, 0.29) is 29.9 Å². The van der Waals surface area contributed by atoms with Crippen LogP contribution >= 0.6 is 0 Å². The van der Waals surface area contributed by atoms with Crippen LogP contribution < -0.4 is 33.9 Å². The van der Waals surface area contributed by atoms with E-state index < -0.39 is 0 Å². The van der Waals surface area contributed by atoms with Gasteiger partial charge >= 0.3 is 0 Å². The van der Waals surface area contributed by atoms with E-state index in [1.54, 1.807) is 6.08 Å². The van der Waals surface area contributed by atoms with Crippen LogP contribution in [0.1, 0.15) is 5.69 Å². The third-order valence-corrected chi connectivity index (χ3v) is 3.49. The number of rotatable bonds is 3. The van der Waals surface area contributed by atoms with Crippen molar-refractivity contribution in [2.24, 2.45) is 7.05 Å². The van der Waals surface area contributed by atoms with Crippen molar-refractivity contribution in [1.29, 1.82) is 0 Å². The maximum Gasteiger partial charge on any atom is 0.248 e. The van der Waals surface area contributed by atoms with Gasteiger partial charge in [0.2, 0.25) is 11.6 Å². The molecule has 0 bridgehead atoms. The molecule has 1 heterocycles. The lowest BCUT2D eigenvalue weighted by atomic mass is 10.1. The van der Waals surface area contributed by atoms with E-state index >= 15 is 0 Å². The highest BCUT2D eigenvalue weighted by molar-refractivity contribution is 6.01. The van der Waals surface area contributed by atoms with E-state index in [9.17, 15) is 4.79 Å². The summed E-state index contributed by atoms with van der Waals surface area (Å²) in [7, 11) is 1.97. The minimum Gasteiger partial charge on any atom is -1.00 e. The lowest BCUT2D eigenvalue weighted by Crippen LogP contribution is -3.00. The number of benzene rings is 2. The summed E-state index contributed by atoms with van der Waals surface area (Å²) in [5, 5.41) is 5.17. The monoisotopic (exact) mass is 416 g/mol. The number of amides is 1. The van der Waals surface area contributed by atoms with Crippen LogP contribution in [0, 0.1) is 0 Å². The average Bonchev–Trinajstić information content (AvgIpc) is 2.54. The molecule has 0 atom stereocenters. The van der Waals surface area contributed by atoms with Crippen LogP contribution in [0.25, 0.3) is 16.8 Å². The van der Waals surface area contributed by atoms with Gasteiger partial charge in [0.15, 0.2) is 6.20 Å². The summed E-state index contributed by atoms with van der Waals surface area (Å²) in [4.78, 5) is 12.0. The molecule has 1 aromatic heterocycles. The summed E-state index contributed by atoms with van der Waals surface area (Å²) in [6.07, 6.45) is 5.44. The van der Waals surface area contributed by atoms with Gasteiger partial charge in [0.05, 0.1) is 0 Å². The van der Waals surface area contributed by atoms with Gasteiger partial charge in [-0.25, -0.2) is 4.57 Å². The van der Waals surface area contributed by atoms with Gasteiger partial charge in [-0.1, -0.05) is 36.4 Å². The molecule has 0 aliphatic rings. The Hall–Kier alpha value is -2.21. The minimum atomic E-state index is -0.139. The topological polar surface area (TPSA) is 33.0 Å². The largest absolute Gasteiger partial charge is 1.00 e. The molecule has 116 valence electrons. The van der Waals surface area contributed by atoms with Crippen molar-refractivity contribution in [3.8, 4) is 0 Å². The van der Waals surface area contributed by atoms with E-state index in [0.717, 1.165) is 16.8 Å². The molecule has 0 saturated heterocycles. The molecule has 0 spiro atoms. The Morgan fingerprint density at radius 3 is 2.39 bits per heavy atom. The molecule has 0 radical (unpaired) electrons. The molecular weight excluding hydrogens is 399 g/mol. The number of nitrogens with zero attached hydrogens (tertiary/aromatic N) is 1. The Bertz CT molecular complexity index is 844. The summed E-state index contributed by atoms with van der Waals surface area (Å²) in [6, 6.07) is 19.7. The number of hydrogen-bond donors (Lipinski definition) is 1. The van der Waals surface area contributed by atoms with Crippen LogP contribution in [0.3, 0.4) is 0 Å². The van der Waals surface area contributed by atoms with Gasteiger partial charge in [0.25, 0.3) is 0 Å². The fraction of sp³-hybridized carbons (Fsp3) is 0.0526. The van der Waals surface area contributed by atoms with E-state index in [4.69, 9.17) is 0 Å². The van der Waals surface area contributed by atoms with Gasteiger partial charge in [0, 0.05) is 29.3 Å². The number of hydrogen-bond acceptors (Lipinski definition) is 1. The molecule has 2 aromatic carbocycles. The molecule has 3 rings (SSSR count). The van der Waals surface area contributed by atoms with Gasteiger partial charge in [0.1, 0.15) is 7.05 Å². The predicted octanol–water partition coefficient (Wildman–Crippen LogP) is 0.320.